The van der Waals surface area contributed by atoms with Crippen LogP contribution in [0.25, 0.3) is 0 Å². The summed E-state index contributed by atoms with van der Waals surface area (Å²) in [4.78, 5) is 17.0. The maximum atomic E-state index is 12.2. The van der Waals surface area contributed by atoms with E-state index >= 15 is 0 Å². The zero-order valence-corrected chi connectivity index (χ0v) is 17.4. The molecule has 0 aliphatic carbocycles. The molecule has 1 aliphatic heterocycles. The van der Waals surface area contributed by atoms with E-state index in [2.05, 4.69) is 52.5 Å². The monoisotopic (exact) mass is 399 g/mol. The molecule has 0 aromatic heterocycles. The standard InChI is InChI=1S/C23H30ClN3O/c1-26(17-19-7-3-2-4-8-19)18-20-11-14-27(15-12-20)16-13-23(28)25-22-10-6-5-9-21(22)24/h2-10,20H,11-18H2,1H3,(H,25,28). The molecule has 1 saturated heterocycles. The maximum Gasteiger partial charge on any atom is 0.225 e. The minimum absolute atomic E-state index is 0.0258. The maximum absolute atomic E-state index is 12.2. The van der Waals surface area contributed by atoms with Crippen LogP contribution in [0.2, 0.25) is 5.02 Å². The average Bonchev–Trinajstić information content (AvgIpc) is 2.70. The van der Waals surface area contributed by atoms with E-state index < -0.39 is 0 Å². The molecule has 150 valence electrons. The Morgan fingerprint density at radius 1 is 1.11 bits per heavy atom. The van der Waals surface area contributed by atoms with Crippen molar-refractivity contribution in [2.24, 2.45) is 5.92 Å². The first-order valence-corrected chi connectivity index (χ1v) is 10.5. The number of para-hydroxylation sites is 1. The highest BCUT2D eigenvalue weighted by molar-refractivity contribution is 6.33. The van der Waals surface area contributed by atoms with E-state index in [0.717, 1.165) is 38.6 Å². The van der Waals surface area contributed by atoms with E-state index in [1.54, 1.807) is 6.07 Å². The molecule has 0 saturated carbocycles. The van der Waals surface area contributed by atoms with Gasteiger partial charge in [-0.1, -0.05) is 54.1 Å². The molecule has 0 unspecified atom stereocenters. The topological polar surface area (TPSA) is 35.6 Å². The van der Waals surface area contributed by atoms with Crippen molar-refractivity contribution in [1.82, 2.24) is 9.80 Å². The van der Waals surface area contributed by atoms with Crippen LogP contribution in [0.4, 0.5) is 5.69 Å². The van der Waals surface area contributed by atoms with Crippen molar-refractivity contribution in [2.45, 2.75) is 25.8 Å². The van der Waals surface area contributed by atoms with E-state index in [0.29, 0.717) is 17.1 Å². The lowest BCUT2D eigenvalue weighted by Crippen LogP contribution is -2.38. The first kappa shape index (κ1) is 20.8. The number of halogens is 1. The number of rotatable bonds is 8. The molecule has 2 aromatic carbocycles. The Bertz CT molecular complexity index is 745. The fourth-order valence-electron chi connectivity index (χ4n) is 3.83. The van der Waals surface area contributed by atoms with Gasteiger partial charge in [-0.15, -0.1) is 0 Å². The molecule has 1 fully saturated rings. The fraction of sp³-hybridized carbons (Fsp3) is 0.435. The van der Waals surface area contributed by atoms with Crippen molar-refractivity contribution in [3.05, 3.63) is 65.2 Å². The summed E-state index contributed by atoms with van der Waals surface area (Å²) in [6.07, 6.45) is 2.90. The van der Waals surface area contributed by atoms with Crippen LogP contribution in [0.5, 0.6) is 0 Å². The number of benzene rings is 2. The van der Waals surface area contributed by atoms with Gasteiger partial charge in [0.2, 0.25) is 5.91 Å². The molecule has 5 heteroatoms. The van der Waals surface area contributed by atoms with Gasteiger partial charge in [0, 0.05) is 26.1 Å². The van der Waals surface area contributed by atoms with E-state index in [9.17, 15) is 4.79 Å². The van der Waals surface area contributed by atoms with Gasteiger partial charge >= 0.3 is 0 Å². The van der Waals surface area contributed by atoms with Gasteiger partial charge in [0.1, 0.15) is 0 Å². The largest absolute Gasteiger partial charge is 0.325 e. The van der Waals surface area contributed by atoms with Gasteiger partial charge in [-0.3, -0.25) is 4.79 Å². The van der Waals surface area contributed by atoms with Crippen LogP contribution in [-0.4, -0.2) is 48.9 Å². The molecular formula is C23H30ClN3O. The Morgan fingerprint density at radius 2 is 1.79 bits per heavy atom. The lowest BCUT2D eigenvalue weighted by atomic mass is 9.96. The number of piperidine rings is 1. The van der Waals surface area contributed by atoms with Crippen molar-refractivity contribution in [3.63, 3.8) is 0 Å². The van der Waals surface area contributed by atoms with Gasteiger partial charge in [-0.2, -0.15) is 0 Å². The van der Waals surface area contributed by atoms with E-state index in [1.807, 2.05) is 18.2 Å². The summed E-state index contributed by atoms with van der Waals surface area (Å²) in [5.41, 5.74) is 2.06. The summed E-state index contributed by atoms with van der Waals surface area (Å²) in [6.45, 7) is 5.09. The van der Waals surface area contributed by atoms with Gasteiger partial charge in [0.15, 0.2) is 0 Å². The third-order valence-electron chi connectivity index (χ3n) is 5.38. The van der Waals surface area contributed by atoms with E-state index in [1.165, 1.54) is 18.4 Å². The van der Waals surface area contributed by atoms with E-state index in [-0.39, 0.29) is 5.91 Å². The normalized spacial score (nSPS) is 15.7. The molecular weight excluding hydrogens is 370 g/mol. The minimum atomic E-state index is 0.0258. The number of nitrogens with one attached hydrogen (secondary N) is 1. The second-order valence-corrected chi connectivity index (χ2v) is 8.15. The number of carbonyl (C=O) groups is 1. The lowest BCUT2D eigenvalue weighted by molar-refractivity contribution is -0.116. The first-order chi connectivity index (χ1) is 13.6. The van der Waals surface area contributed by atoms with Gasteiger partial charge < -0.3 is 15.1 Å². The Balaban J connectivity index is 1.34. The van der Waals surface area contributed by atoms with Crippen LogP contribution in [0.15, 0.2) is 54.6 Å². The SMILES string of the molecule is CN(Cc1ccccc1)CC1CCN(CCC(=O)Nc2ccccc2Cl)CC1. The third-order valence-corrected chi connectivity index (χ3v) is 5.70. The Labute approximate surface area is 173 Å². The lowest BCUT2D eigenvalue weighted by Gasteiger charge is -2.33. The highest BCUT2D eigenvalue weighted by atomic mass is 35.5. The second-order valence-electron chi connectivity index (χ2n) is 7.75. The molecule has 1 N–H and O–H groups in total. The summed E-state index contributed by atoms with van der Waals surface area (Å²) in [5, 5.41) is 3.48. The highest BCUT2D eigenvalue weighted by Crippen LogP contribution is 2.21. The number of nitrogens with zero attached hydrogens (tertiary/aromatic N) is 2. The van der Waals surface area contributed by atoms with Crippen molar-refractivity contribution in [1.29, 1.82) is 0 Å². The zero-order valence-electron chi connectivity index (χ0n) is 16.6. The molecule has 1 heterocycles. The van der Waals surface area contributed by atoms with Crippen LogP contribution in [-0.2, 0) is 11.3 Å². The fourth-order valence-corrected chi connectivity index (χ4v) is 4.01. The molecule has 0 spiro atoms. The number of carbonyl (C=O) groups excluding carboxylic acids is 1. The molecule has 0 atom stereocenters. The van der Waals surface area contributed by atoms with Gasteiger partial charge in [-0.25, -0.2) is 0 Å². The Morgan fingerprint density at radius 3 is 2.50 bits per heavy atom. The minimum Gasteiger partial charge on any atom is -0.325 e. The van der Waals surface area contributed by atoms with Crippen molar-refractivity contribution >= 4 is 23.2 Å². The predicted molar refractivity (Wildman–Crippen MR) is 117 cm³/mol. The number of anilines is 1. The molecule has 0 radical (unpaired) electrons. The zero-order chi connectivity index (χ0) is 19.8. The Kier molecular flexibility index (Phi) is 7.90. The highest BCUT2D eigenvalue weighted by Gasteiger charge is 2.21. The van der Waals surface area contributed by atoms with Gasteiger partial charge in [0.25, 0.3) is 0 Å². The van der Waals surface area contributed by atoms with Crippen LogP contribution in [0.3, 0.4) is 0 Å². The van der Waals surface area contributed by atoms with E-state index in [4.69, 9.17) is 11.6 Å². The molecule has 2 aromatic rings. The van der Waals surface area contributed by atoms with Crippen LogP contribution < -0.4 is 5.32 Å². The van der Waals surface area contributed by atoms with Crippen molar-refractivity contribution < 1.29 is 4.79 Å². The summed E-state index contributed by atoms with van der Waals surface area (Å²) < 4.78 is 0. The number of hydrogen-bond acceptors (Lipinski definition) is 3. The van der Waals surface area contributed by atoms with Crippen LogP contribution in [0, 0.1) is 5.92 Å². The summed E-state index contributed by atoms with van der Waals surface area (Å²) in [5.74, 6) is 0.764. The molecule has 4 nitrogen and oxygen atoms in total. The van der Waals surface area contributed by atoms with Crippen molar-refractivity contribution in [3.8, 4) is 0 Å². The van der Waals surface area contributed by atoms with Gasteiger partial charge in [-0.05, 0) is 56.6 Å². The first-order valence-electron chi connectivity index (χ1n) is 10.1. The smallest absolute Gasteiger partial charge is 0.225 e. The number of likely N-dealkylation sites (tertiary alicyclic amines) is 1. The third kappa shape index (κ3) is 6.62. The van der Waals surface area contributed by atoms with Crippen molar-refractivity contribution in [2.75, 3.05) is 38.5 Å². The summed E-state index contributed by atoms with van der Waals surface area (Å²) in [6, 6.07) is 18.0. The molecule has 1 aliphatic rings. The van der Waals surface area contributed by atoms with Gasteiger partial charge in [0.05, 0.1) is 10.7 Å². The molecule has 3 rings (SSSR count). The van der Waals surface area contributed by atoms with Crippen LogP contribution in [0.1, 0.15) is 24.8 Å². The summed E-state index contributed by atoms with van der Waals surface area (Å²) in [7, 11) is 2.21. The predicted octanol–water partition coefficient (Wildman–Crippen LogP) is 4.51. The van der Waals surface area contributed by atoms with Crippen LogP contribution >= 0.6 is 11.6 Å². The summed E-state index contributed by atoms with van der Waals surface area (Å²) >= 11 is 6.10. The second kappa shape index (κ2) is 10.6. The quantitative estimate of drug-likeness (QED) is 0.709. The Hall–Kier alpha value is -1.88. The number of hydrogen-bond donors (Lipinski definition) is 1. The molecule has 28 heavy (non-hydrogen) atoms. The molecule has 0 bridgehead atoms. The number of amides is 1. The molecule has 1 amide bonds. The average molecular weight is 400 g/mol.